The van der Waals surface area contributed by atoms with Gasteiger partial charge in [0.15, 0.2) is 11.6 Å². The third-order valence-electron chi connectivity index (χ3n) is 5.03. The van der Waals surface area contributed by atoms with Gasteiger partial charge >= 0.3 is 0 Å². The van der Waals surface area contributed by atoms with E-state index in [9.17, 15) is 13.6 Å². The first-order chi connectivity index (χ1) is 11.6. The number of halogens is 2. The number of carbonyl (C=O) groups is 1. The fourth-order valence-corrected chi connectivity index (χ4v) is 3.73. The minimum Gasteiger partial charge on any atom is -0.374 e. The molecule has 1 aliphatic heterocycles. The average Bonchev–Trinajstić information content (AvgIpc) is 2.61. The molecule has 24 heavy (non-hydrogen) atoms. The van der Waals surface area contributed by atoms with Crippen LogP contribution in [-0.2, 0) is 9.53 Å². The maximum atomic E-state index is 13.5. The Labute approximate surface area is 141 Å². The molecule has 0 radical (unpaired) electrons. The first kappa shape index (κ1) is 17.1. The molecule has 1 amide bonds. The van der Waals surface area contributed by atoms with E-state index in [1.54, 1.807) is 4.90 Å². The van der Waals surface area contributed by atoms with Crippen molar-refractivity contribution in [2.75, 3.05) is 31.1 Å². The Morgan fingerprint density at radius 3 is 2.83 bits per heavy atom. The number of morpholine rings is 1. The van der Waals surface area contributed by atoms with Crippen LogP contribution < -0.4 is 4.90 Å². The summed E-state index contributed by atoms with van der Waals surface area (Å²) in [4.78, 5) is 16.5. The van der Waals surface area contributed by atoms with Crippen molar-refractivity contribution in [2.45, 2.75) is 44.8 Å². The molecule has 1 aromatic carbocycles. The Bertz CT molecular complexity index is 594. The molecule has 2 fully saturated rings. The zero-order chi connectivity index (χ0) is 17.1. The van der Waals surface area contributed by atoms with Crippen molar-refractivity contribution >= 4 is 11.6 Å². The quantitative estimate of drug-likeness (QED) is 0.846. The molecule has 3 rings (SSSR count). The molecule has 4 nitrogen and oxygen atoms in total. The standard InChI is InChI=1S/C18H24F2N2O2/c1-2-21(13-7-8-14(19)15(20)11-13)12-18(23)22-9-10-24-17-6-4-3-5-16(17)22/h7-8,11,16-17H,2-6,9-10,12H2,1H3. The minimum atomic E-state index is -0.892. The second-order valence-corrected chi connectivity index (χ2v) is 6.46. The monoisotopic (exact) mass is 338 g/mol. The number of ether oxygens (including phenoxy) is 1. The summed E-state index contributed by atoms with van der Waals surface area (Å²) in [6, 6.07) is 3.92. The van der Waals surface area contributed by atoms with Gasteiger partial charge in [-0.15, -0.1) is 0 Å². The number of anilines is 1. The predicted molar refractivity (Wildman–Crippen MR) is 88.0 cm³/mol. The van der Waals surface area contributed by atoms with Crippen molar-refractivity contribution < 1.29 is 18.3 Å². The van der Waals surface area contributed by atoms with E-state index in [4.69, 9.17) is 4.74 Å². The predicted octanol–water partition coefficient (Wildman–Crippen LogP) is 2.96. The van der Waals surface area contributed by atoms with Crippen LogP contribution in [0, 0.1) is 11.6 Å². The number of amides is 1. The van der Waals surface area contributed by atoms with Crippen LogP contribution in [0.5, 0.6) is 0 Å². The van der Waals surface area contributed by atoms with E-state index in [0.717, 1.165) is 37.8 Å². The Morgan fingerprint density at radius 1 is 1.29 bits per heavy atom. The lowest BCUT2D eigenvalue weighted by Crippen LogP contribution is -2.56. The van der Waals surface area contributed by atoms with E-state index in [2.05, 4.69) is 0 Å². The molecule has 0 spiro atoms. The van der Waals surface area contributed by atoms with Crippen LogP contribution in [0.25, 0.3) is 0 Å². The van der Waals surface area contributed by atoms with Crippen LogP contribution >= 0.6 is 0 Å². The lowest BCUT2D eigenvalue weighted by molar-refractivity contribution is -0.148. The summed E-state index contributed by atoms with van der Waals surface area (Å²) in [6.45, 7) is 3.80. The van der Waals surface area contributed by atoms with Crippen molar-refractivity contribution in [3.63, 3.8) is 0 Å². The third-order valence-corrected chi connectivity index (χ3v) is 5.03. The number of carbonyl (C=O) groups excluding carboxylic acids is 1. The number of hydrogen-bond donors (Lipinski definition) is 0. The number of benzene rings is 1. The lowest BCUT2D eigenvalue weighted by atomic mass is 9.90. The molecular formula is C18H24F2N2O2. The molecule has 1 aliphatic carbocycles. The van der Waals surface area contributed by atoms with Gasteiger partial charge in [-0.3, -0.25) is 4.79 Å². The van der Waals surface area contributed by atoms with Gasteiger partial charge in [0.25, 0.3) is 0 Å². The van der Waals surface area contributed by atoms with Gasteiger partial charge in [-0.1, -0.05) is 12.8 Å². The van der Waals surface area contributed by atoms with Crippen molar-refractivity contribution in [1.29, 1.82) is 0 Å². The molecular weight excluding hydrogens is 314 g/mol. The molecule has 2 aliphatic rings. The van der Waals surface area contributed by atoms with Crippen LogP contribution in [-0.4, -0.2) is 49.2 Å². The van der Waals surface area contributed by atoms with Gasteiger partial charge in [0.2, 0.25) is 5.91 Å². The highest BCUT2D eigenvalue weighted by Gasteiger charge is 2.36. The highest BCUT2D eigenvalue weighted by Crippen LogP contribution is 2.29. The van der Waals surface area contributed by atoms with E-state index in [-0.39, 0.29) is 24.6 Å². The SMILES string of the molecule is CCN(CC(=O)N1CCOC2CCCCC21)c1ccc(F)c(F)c1. The zero-order valence-electron chi connectivity index (χ0n) is 14.0. The Hall–Kier alpha value is -1.69. The second kappa shape index (κ2) is 7.47. The summed E-state index contributed by atoms with van der Waals surface area (Å²) >= 11 is 0. The Morgan fingerprint density at radius 2 is 2.08 bits per heavy atom. The molecule has 0 bridgehead atoms. The van der Waals surface area contributed by atoms with Gasteiger partial charge in [-0.25, -0.2) is 8.78 Å². The Balaban J connectivity index is 1.70. The summed E-state index contributed by atoms with van der Waals surface area (Å²) < 4.78 is 32.4. The number of fused-ring (bicyclic) bond motifs is 1. The number of likely N-dealkylation sites (N-methyl/N-ethyl adjacent to an activating group) is 1. The van der Waals surface area contributed by atoms with Crippen molar-refractivity contribution in [1.82, 2.24) is 4.90 Å². The first-order valence-electron chi connectivity index (χ1n) is 8.71. The van der Waals surface area contributed by atoms with Crippen LogP contribution in [0.15, 0.2) is 18.2 Å². The Kier molecular flexibility index (Phi) is 5.33. The van der Waals surface area contributed by atoms with E-state index in [1.165, 1.54) is 6.07 Å². The van der Waals surface area contributed by atoms with Gasteiger partial charge in [-0.05, 0) is 31.9 Å². The molecule has 1 heterocycles. The molecule has 1 saturated carbocycles. The second-order valence-electron chi connectivity index (χ2n) is 6.46. The molecule has 0 N–H and O–H groups in total. The summed E-state index contributed by atoms with van der Waals surface area (Å²) in [5.41, 5.74) is 0.526. The van der Waals surface area contributed by atoms with Gasteiger partial charge in [0, 0.05) is 24.8 Å². The van der Waals surface area contributed by atoms with Gasteiger partial charge in [0.1, 0.15) is 0 Å². The lowest BCUT2D eigenvalue weighted by Gasteiger charge is -2.44. The van der Waals surface area contributed by atoms with Crippen molar-refractivity contribution in [3.8, 4) is 0 Å². The van der Waals surface area contributed by atoms with Crippen LogP contribution in [0.2, 0.25) is 0 Å². The summed E-state index contributed by atoms with van der Waals surface area (Å²) in [6.07, 6.45) is 4.41. The molecule has 0 aromatic heterocycles. The highest BCUT2D eigenvalue weighted by atomic mass is 19.2. The average molecular weight is 338 g/mol. The smallest absolute Gasteiger partial charge is 0.242 e. The topological polar surface area (TPSA) is 32.8 Å². The number of hydrogen-bond acceptors (Lipinski definition) is 3. The van der Waals surface area contributed by atoms with E-state index >= 15 is 0 Å². The maximum Gasteiger partial charge on any atom is 0.242 e. The van der Waals surface area contributed by atoms with Crippen molar-refractivity contribution in [3.05, 3.63) is 29.8 Å². The maximum absolute atomic E-state index is 13.5. The molecule has 1 saturated heterocycles. The van der Waals surface area contributed by atoms with Gasteiger partial charge in [0.05, 0.1) is 25.3 Å². The number of nitrogens with zero attached hydrogens (tertiary/aromatic N) is 2. The van der Waals surface area contributed by atoms with Crippen molar-refractivity contribution in [2.24, 2.45) is 0 Å². The minimum absolute atomic E-state index is 0.0294. The molecule has 6 heteroatoms. The molecule has 132 valence electrons. The van der Waals surface area contributed by atoms with Crippen LogP contribution in [0.3, 0.4) is 0 Å². The third kappa shape index (κ3) is 3.53. The fourth-order valence-electron chi connectivity index (χ4n) is 3.73. The molecule has 1 aromatic rings. The van der Waals surface area contributed by atoms with Crippen LogP contribution in [0.1, 0.15) is 32.6 Å². The van der Waals surface area contributed by atoms with E-state index in [1.807, 2.05) is 11.8 Å². The molecule has 2 atom stereocenters. The first-order valence-corrected chi connectivity index (χ1v) is 8.71. The number of rotatable bonds is 4. The summed E-state index contributed by atoms with van der Waals surface area (Å²) in [7, 11) is 0. The summed E-state index contributed by atoms with van der Waals surface area (Å²) in [5, 5.41) is 0. The van der Waals surface area contributed by atoms with E-state index in [0.29, 0.717) is 25.4 Å². The summed E-state index contributed by atoms with van der Waals surface area (Å²) in [5.74, 6) is -1.74. The molecule has 2 unspecified atom stereocenters. The normalized spacial score (nSPS) is 23.7. The zero-order valence-corrected chi connectivity index (χ0v) is 14.0. The van der Waals surface area contributed by atoms with Crippen LogP contribution in [0.4, 0.5) is 14.5 Å². The largest absolute Gasteiger partial charge is 0.374 e. The fraction of sp³-hybridized carbons (Fsp3) is 0.611. The van der Waals surface area contributed by atoms with Gasteiger partial charge in [-0.2, -0.15) is 0 Å². The van der Waals surface area contributed by atoms with E-state index < -0.39 is 11.6 Å². The highest BCUT2D eigenvalue weighted by molar-refractivity contribution is 5.82. The van der Waals surface area contributed by atoms with Gasteiger partial charge < -0.3 is 14.5 Å².